The number of ether oxygens (including phenoxy) is 3. The minimum Gasteiger partial charge on any atom is -0.493 e. The van der Waals surface area contributed by atoms with E-state index in [4.69, 9.17) is 14.2 Å². The predicted molar refractivity (Wildman–Crippen MR) is 78.7 cm³/mol. The fraction of sp³-hybridized carbons (Fsp3) is 0.533. The lowest BCUT2D eigenvalue weighted by Gasteiger charge is -2.16. The molecule has 0 aromatic heterocycles. The molecule has 1 heterocycles. The van der Waals surface area contributed by atoms with E-state index in [1.165, 1.54) is 0 Å². The van der Waals surface area contributed by atoms with E-state index in [0.29, 0.717) is 23.8 Å². The summed E-state index contributed by atoms with van der Waals surface area (Å²) in [7, 11) is 1.59. The van der Waals surface area contributed by atoms with Crippen molar-refractivity contribution in [3.63, 3.8) is 0 Å². The number of fused-ring (bicyclic) bond motifs is 1. The second kappa shape index (κ2) is 6.67. The smallest absolute Gasteiger partial charge is 0.237 e. The molecule has 116 valence electrons. The lowest BCUT2D eigenvalue weighted by Crippen LogP contribution is -2.44. The van der Waals surface area contributed by atoms with Gasteiger partial charge >= 0.3 is 0 Å². The Balaban J connectivity index is 1.99. The molecule has 21 heavy (non-hydrogen) atoms. The second-order valence-corrected chi connectivity index (χ2v) is 5.30. The van der Waals surface area contributed by atoms with E-state index >= 15 is 0 Å². The maximum atomic E-state index is 11.8. The molecule has 6 nitrogen and oxygen atoms in total. The summed E-state index contributed by atoms with van der Waals surface area (Å²) in [6.45, 7) is 6.46. The van der Waals surface area contributed by atoms with Gasteiger partial charge < -0.3 is 24.8 Å². The van der Waals surface area contributed by atoms with E-state index in [-0.39, 0.29) is 24.8 Å². The maximum Gasteiger partial charge on any atom is 0.237 e. The number of nitrogens with one attached hydrogen (secondary N) is 2. The maximum absolute atomic E-state index is 11.8. The highest BCUT2D eigenvalue weighted by atomic mass is 16.7. The Hall–Kier alpha value is -1.95. The zero-order valence-corrected chi connectivity index (χ0v) is 12.9. The molecular formula is C15H22N2O4. The van der Waals surface area contributed by atoms with Crippen LogP contribution in [-0.4, -0.2) is 31.9 Å². The molecular weight excluding hydrogens is 272 g/mol. The van der Waals surface area contributed by atoms with Crippen LogP contribution in [0.1, 0.15) is 26.3 Å². The molecule has 2 N–H and O–H groups in total. The van der Waals surface area contributed by atoms with E-state index in [2.05, 4.69) is 10.6 Å². The van der Waals surface area contributed by atoms with Crippen LogP contribution in [-0.2, 0) is 11.3 Å². The first-order valence-corrected chi connectivity index (χ1v) is 7.01. The normalized spacial score (nSPS) is 14.1. The highest BCUT2D eigenvalue weighted by molar-refractivity contribution is 5.81. The van der Waals surface area contributed by atoms with Gasteiger partial charge in [-0.15, -0.1) is 0 Å². The molecule has 1 aromatic rings. The van der Waals surface area contributed by atoms with Crippen molar-refractivity contribution in [3.05, 3.63) is 17.7 Å². The molecule has 0 bridgehead atoms. The van der Waals surface area contributed by atoms with Gasteiger partial charge in [-0.1, -0.05) is 0 Å². The van der Waals surface area contributed by atoms with Gasteiger partial charge in [-0.05, 0) is 38.5 Å². The molecule has 1 amide bonds. The summed E-state index contributed by atoms with van der Waals surface area (Å²) in [5, 5.41) is 6.05. The molecule has 2 rings (SSSR count). The molecule has 0 fully saturated rings. The Morgan fingerprint density at radius 1 is 1.33 bits per heavy atom. The Kier molecular flexibility index (Phi) is 4.90. The van der Waals surface area contributed by atoms with E-state index in [0.717, 1.165) is 5.56 Å². The number of benzene rings is 1. The van der Waals surface area contributed by atoms with Gasteiger partial charge in [-0.3, -0.25) is 4.79 Å². The van der Waals surface area contributed by atoms with Gasteiger partial charge in [0.05, 0.1) is 13.2 Å². The van der Waals surface area contributed by atoms with Crippen LogP contribution in [0, 0.1) is 0 Å². The Morgan fingerprint density at radius 3 is 2.76 bits per heavy atom. The van der Waals surface area contributed by atoms with Crippen LogP contribution in [0.15, 0.2) is 12.1 Å². The van der Waals surface area contributed by atoms with Crippen LogP contribution in [0.5, 0.6) is 17.2 Å². The zero-order chi connectivity index (χ0) is 15.4. The van der Waals surface area contributed by atoms with Crippen molar-refractivity contribution >= 4 is 5.91 Å². The standard InChI is InChI=1S/C15H22N2O4/c1-9(2)17-15(18)10(3)16-7-11-5-12(19-4)14-13(6-11)20-8-21-14/h5-6,9-10,16H,7-8H2,1-4H3,(H,17,18). The fourth-order valence-electron chi connectivity index (χ4n) is 2.06. The van der Waals surface area contributed by atoms with Gasteiger partial charge in [0, 0.05) is 12.6 Å². The van der Waals surface area contributed by atoms with Crippen molar-refractivity contribution in [1.82, 2.24) is 10.6 Å². The number of rotatable bonds is 6. The van der Waals surface area contributed by atoms with Gasteiger partial charge in [0.1, 0.15) is 0 Å². The number of methoxy groups -OCH3 is 1. The van der Waals surface area contributed by atoms with Crippen LogP contribution in [0.2, 0.25) is 0 Å². The summed E-state index contributed by atoms with van der Waals surface area (Å²) in [5.74, 6) is 1.93. The Bertz CT molecular complexity index is 517. The molecule has 1 unspecified atom stereocenters. The number of amides is 1. The lowest BCUT2D eigenvalue weighted by molar-refractivity contribution is -0.123. The molecule has 1 aromatic carbocycles. The van der Waals surface area contributed by atoms with Crippen molar-refractivity contribution in [2.24, 2.45) is 0 Å². The first kappa shape index (κ1) is 15.4. The van der Waals surface area contributed by atoms with Gasteiger partial charge in [-0.25, -0.2) is 0 Å². The van der Waals surface area contributed by atoms with E-state index in [1.54, 1.807) is 7.11 Å². The number of hydrogen-bond acceptors (Lipinski definition) is 5. The largest absolute Gasteiger partial charge is 0.493 e. The van der Waals surface area contributed by atoms with Crippen LogP contribution >= 0.6 is 0 Å². The Labute approximate surface area is 124 Å². The van der Waals surface area contributed by atoms with Crippen LogP contribution in [0.25, 0.3) is 0 Å². The van der Waals surface area contributed by atoms with Crippen LogP contribution < -0.4 is 24.8 Å². The Morgan fingerprint density at radius 2 is 2.10 bits per heavy atom. The summed E-state index contributed by atoms with van der Waals surface area (Å²) < 4.78 is 16.0. The van der Waals surface area contributed by atoms with Crippen molar-refractivity contribution < 1.29 is 19.0 Å². The summed E-state index contributed by atoms with van der Waals surface area (Å²) in [6, 6.07) is 3.63. The molecule has 0 saturated heterocycles. The SMILES string of the molecule is COc1cc(CNC(C)C(=O)NC(C)C)cc2c1OCO2. The molecule has 0 spiro atoms. The molecule has 1 aliphatic heterocycles. The molecule has 0 saturated carbocycles. The second-order valence-electron chi connectivity index (χ2n) is 5.30. The van der Waals surface area contributed by atoms with Crippen molar-refractivity contribution in [2.45, 2.75) is 39.4 Å². The average Bonchev–Trinajstić information content (AvgIpc) is 2.91. The van der Waals surface area contributed by atoms with Crippen LogP contribution in [0.4, 0.5) is 0 Å². The third-order valence-corrected chi connectivity index (χ3v) is 3.15. The van der Waals surface area contributed by atoms with Gasteiger partial charge in [-0.2, -0.15) is 0 Å². The summed E-state index contributed by atoms with van der Waals surface area (Å²) in [4.78, 5) is 11.8. The zero-order valence-electron chi connectivity index (χ0n) is 12.9. The van der Waals surface area contributed by atoms with Crippen LogP contribution in [0.3, 0.4) is 0 Å². The van der Waals surface area contributed by atoms with Gasteiger partial charge in [0.25, 0.3) is 0 Å². The molecule has 1 aliphatic rings. The third-order valence-electron chi connectivity index (χ3n) is 3.15. The lowest BCUT2D eigenvalue weighted by atomic mass is 10.1. The van der Waals surface area contributed by atoms with E-state index in [9.17, 15) is 4.79 Å². The first-order chi connectivity index (χ1) is 10.0. The van der Waals surface area contributed by atoms with Gasteiger partial charge in [0.2, 0.25) is 18.4 Å². The highest BCUT2D eigenvalue weighted by Crippen LogP contribution is 2.41. The molecule has 6 heteroatoms. The number of carbonyl (C=O) groups excluding carboxylic acids is 1. The van der Waals surface area contributed by atoms with Crippen molar-refractivity contribution in [1.29, 1.82) is 0 Å². The van der Waals surface area contributed by atoms with Gasteiger partial charge in [0.15, 0.2) is 11.5 Å². The van der Waals surface area contributed by atoms with E-state index < -0.39 is 0 Å². The quantitative estimate of drug-likeness (QED) is 0.830. The topological polar surface area (TPSA) is 68.8 Å². The fourth-order valence-corrected chi connectivity index (χ4v) is 2.06. The summed E-state index contributed by atoms with van der Waals surface area (Å²) in [6.07, 6.45) is 0. The highest BCUT2D eigenvalue weighted by Gasteiger charge is 2.20. The molecule has 0 aliphatic carbocycles. The number of carbonyl (C=O) groups is 1. The summed E-state index contributed by atoms with van der Waals surface area (Å²) >= 11 is 0. The first-order valence-electron chi connectivity index (χ1n) is 7.01. The van der Waals surface area contributed by atoms with E-state index in [1.807, 2.05) is 32.9 Å². The molecule has 0 radical (unpaired) electrons. The number of hydrogen-bond donors (Lipinski definition) is 2. The minimum atomic E-state index is -0.274. The third kappa shape index (κ3) is 3.78. The monoisotopic (exact) mass is 294 g/mol. The molecule has 1 atom stereocenters. The van der Waals surface area contributed by atoms with Crippen molar-refractivity contribution in [3.8, 4) is 17.2 Å². The van der Waals surface area contributed by atoms with Crippen molar-refractivity contribution in [2.75, 3.05) is 13.9 Å². The average molecular weight is 294 g/mol. The summed E-state index contributed by atoms with van der Waals surface area (Å²) in [5.41, 5.74) is 0.972. The predicted octanol–water partition coefficient (Wildman–Crippen LogP) is 1.43. The minimum absolute atomic E-state index is 0.0160.